The van der Waals surface area contributed by atoms with Crippen LogP contribution in [-0.2, 0) is 49.4 Å². The van der Waals surface area contributed by atoms with E-state index in [-0.39, 0.29) is 51.0 Å². The Morgan fingerprint density at radius 2 is 1.23 bits per heavy atom. The molecule has 0 aromatic heterocycles. The molecule has 0 aliphatic rings. The number of amides is 5. The van der Waals surface area contributed by atoms with Crippen molar-refractivity contribution in [2.45, 2.75) is 97.4 Å². The molecule has 0 saturated carbocycles. The zero-order chi connectivity index (χ0) is 36.4. The summed E-state index contributed by atoms with van der Waals surface area (Å²) in [5, 5.41) is 18.4. The second kappa shape index (κ2) is 20.1. The lowest BCUT2D eigenvalue weighted by atomic mass is 10.0. The summed E-state index contributed by atoms with van der Waals surface area (Å²) in [6.45, 7) is 9.26. The molecule has 0 radical (unpaired) electrons. The monoisotopic (exact) mass is 680 g/mol. The lowest BCUT2D eigenvalue weighted by Gasteiger charge is -2.25. The van der Waals surface area contributed by atoms with Crippen LogP contribution in [-0.4, -0.2) is 83.5 Å². The van der Waals surface area contributed by atoms with Gasteiger partial charge in [-0.05, 0) is 53.0 Å². The van der Waals surface area contributed by atoms with Crippen LogP contribution in [0.15, 0.2) is 24.3 Å². The van der Waals surface area contributed by atoms with E-state index in [0.717, 1.165) is 0 Å². The molecular weight excluding hydrogens is 636 g/mol. The van der Waals surface area contributed by atoms with Gasteiger partial charge in [0.25, 0.3) is 11.6 Å². The number of nitro groups is 1. The number of esters is 2. The standard InChI is InChI=1S/C30H44N6O12/c1-7-46-24(38)15-13-21(32-27(41)23(31-18(3)37)17-19-9-11-20(12-10-19)36(44)45)26(40)33-22(14-16-25(39)47-8-2)28(42)34-35-29(43)48-30(4,5)6/h9-12,21-23H,7-8,13-17H2,1-6H3,(H,31,37)(H,32,41)(H,33,40)(H,34,42)(H,35,43)/t21-,22+,23-/m1/s1. The van der Waals surface area contributed by atoms with Crippen molar-refractivity contribution < 1.29 is 52.7 Å². The smallest absolute Gasteiger partial charge is 0.426 e. The van der Waals surface area contributed by atoms with Crippen molar-refractivity contribution in [1.29, 1.82) is 0 Å². The van der Waals surface area contributed by atoms with Crippen molar-refractivity contribution in [3.63, 3.8) is 0 Å². The minimum atomic E-state index is -1.45. The number of hydrogen-bond acceptors (Lipinski definition) is 12. The Labute approximate surface area is 277 Å². The molecule has 48 heavy (non-hydrogen) atoms. The van der Waals surface area contributed by atoms with Crippen molar-refractivity contribution in [2.24, 2.45) is 0 Å². The van der Waals surface area contributed by atoms with E-state index in [1.807, 2.05) is 0 Å². The highest BCUT2D eigenvalue weighted by Crippen LogP contribution is 2.14. The molecule has 1 rings (SSSR count). The Balaban J connectivity index is 3.25. The maximum atomic E-state index is 13.5. The molecule has 0 aliphatic carbocycles. The average Bonchev–Trinajstić information content (AvgIpc) is 2.99. The van der Waals surface area contributed by atoms with Crippen LogP contribution in [0.4, 0.5) is 10.5 Å². The summed E-state index contributed by atoms with van der Waals surface area (Å²) in [7, 11) is 0. The molecule has 1 aromatic rings. The predicted octanol–water partition coefficient (Wildman–Crippen LogP) is 0.854. The predicted molar refractivity (Wildman–Crippen MR) is 168 cm³/mol. The van der Waals surface area contributed by atoms with Crippen LogP contribution in [0.2, 0.25) is 0 Å². The highest BCUT2D eigenvalue weighted by molar-refractivity contribution is 5.94. The molecule has 18 nitrogen and oxygen atoms in total. The SMILES string of the molecule is CCOC(=O)CC[C@H](NC(=O)[C@@H](CCC(=O)OCC)NC(=O)[C@@H](Cc1ccc([N+](=O)[O-])cc1)NC(C)=O)C(=O)NNC(=O)OC(C)(C)C. The molecule has 0 heterocycles. The Hall–Kier alpha value is -5.29. The maximum Gasteiger partial charge on any atom is 0.426 e. The van der Waals surface area contributed by atoms with Gasteiger partial charge in [0.15, 0.2) is 0 Å². The minimum absolute atomic E-state index is 0.0582. The number of non-ortho nitro benzene ring substituents is 1. The van der Waals surface area contributed by atoms with Gasteiger partial charge in [0, 0.05) is 38.3 Å². The number of hydrogen-bond donors (Lipinski definition) is 5. The third-order valence-corrected chi connectivity index (χ3v) is 6.12. The first-order chi connectivity index (χ1) is 22.4. The Morgan fingerprint density at radius 3 is 1.67 bits per heavy atom. The zero-order valence-electron chi connectivity index (χ0n) is 27.8. The van der Waals surface area contributed by atoms with Gasteiger partial charge in [0.1, 0.15) is 23.7 Å². The normalized spacial score (nSPS) is 12.6. The summed E-state index contributed by atoms with van der Waals surface area (Å²) in [5.74, 6) is -4.65. The summed E-state index contributed by atoms with van der Waals surface area (Å²) in [6, 6.07) is 1.13. The summed E-state index contributed by atoms with van der Waals surface area (Å²) in [6.07, 6.45) is -2.31. The fourth-order valence-electron chi connectivity index (χ4n) is 4.02. The van der Waals surface area contributed by atoms with E-state index < -0.39 is 70.3 Å². The van der Waals surface area contributed by atoms with Crippen LogP contribution in [0.1, 0.15) is 72.8 Å². The van der Waals surface area contributed by atoms with Crippen LogP contribution >= 0.6 is 0 Å². The number of rotatable bonds is 17. The molecule has 0 aliphatic heterocycles. The lowest BCUT2D eigenvalue weighted by molar-refractivity contribution is -0.384. The van der Waals surface area contributed by atoms with E-state index in [1.54, 1.807) is 34.6 Å². The van der Waals surface area contributed by atoms with Crippen LogP contribution in [0, 0.1) is 10.1 Å². The number of nitrogens with zero attached hydrogens (tertiary/aromatic N) is 1. The number of carbonyl (C=O) groups is 7. The van der Waals surface area contributed by atoms with Gasteiger partial charge >= 0.3 is 18.0 Å². The second-order valence-corrected chi connectivity index (χ2v) is 11.3. The Bertz CT molecular complexity index is 1310. The number of benzene rings is 1. The van der Waals surface area contributed by atoms with Crippen molar-refractivity contribution >= 4 is 47.3 Å². The van der Waals surface area contributed by atoms with Crippen molar-refractivity contribution in [1.82, 2.24) is 26.8 Å². The summed E-state index contributed by atoms with van der Waals surface area (Å²) >= 11 is 0. The summed E-state index contributed by atoms with van der Waals surface area (Å²) in [5.41, 5.74) is 3.55. The average molecular weight is 681 g/mol. The lowest BCUT2D eigenvalue weighted by Crippen LogP contribution is -2.58. The molecule has 0 saturated heterocycles. The van der Waals surface area contributed by atoms with Gasteiger partial charge in [0.05, 0.1) is 18.1 Å². The highest BCUT2D eigenvalue weighted by Gasteiger charge is 2.31. The van der Waals surface area contributed by atoms with Crippen LogP contribution in [0.25, 0.3) is 0 Å². The number of nitro benzene ring substituents is 1. The Morgan fingerprint density at radius 1 is 0.750 bits per heavy atom. The second-order valence-electron chi connectivity index (χ2n) is 11.3. The maximum absolute atomic E-state index is 13.5. The number of nitrogens with one attached hydrogen (secondary N) is 5. The summed E-state index contributed by atoms with van der Waals surface area (Å²) < 4.78 is 14.9. The van der Waals surface area contributed by atoms with Gasteiger partial charge in [-0.3, -0.25) is 44.3 Å². The van der Waals surface area contributed by atoms with Crippen molar-refractivity contribution in [3.05, 3.63) is 39.9 Å². The topological polar surface area (TPSA) is 250 Å². The van der Waals surface area contributed by atoms with E-state index in [4.69, 9.17) is 14.2 Å². The third-order valence-electron chi connectivity index (χ3n) is 6.12. The molecule has 266 valence electrons. The van der Waals surface area contributed by atoms with E-state index in [1.165, 1.54) is 31.2 Å². The Kier molecular flexibility index (Phi) is 17.0. The van der Waals surface area contributed by atoms with Crippen LogP contribution < -0.4 is 26.8 Å². The molecule has 0 bridgehead atoms. The van der Waals surface area contributed by atoms with Crippen molar-refractivity contribution in [2.75, 3.05) is 13.2 Å². The van der Waals surface area contributed by atoms with Gasteiger partial charge in [-0.25, -0.2) is 10.2 Å². The fraction of sp³-hybridized carbons (Fsp3) is 0.567. The molecule has 3 atom stereocenters. The molecule has 0 spiro atoms. The van der Waals surface area contributed by atoms with Gasteiger partial charge in [0.2, 0.25) is 17.7 Å². The van der Waals surface area contributed by atoms with Gasteiger partial charge in [-0.2, -0.15) is 0 Å². The first-order valence-electron chi connectivity index (χ1n) is 15.2. The van der Waals surface area contributed by atoms with Gasteiger partial charge < -0.3 is 30.2 Å². The molecule has 5 N–H and O–H groups in total. The van der Waals surface area contributed by atoms with Crippen LogP contribution in [0.5, 0.6) is 0 Å². The quantitative estimate of drug-likeness (QED) is 0.0665. The van der Waals surface area contributed by atoms with Crippen LogP contribution in [0.3, 0.4) is 0 Å². The molecule has 0 fully saturated rings. The zero-order valence-corrected chi connectivity index (χ0v) is 27.8. The first-order valence-corrected chi connectivity index (χ1v) is 15.2. The number of hydrazine groups is 1. The van der Waals surface area contributed by atoms with Crippen molar-refractivity contribution in [3.8, 4) is 0 Å². The number of ether oxygens (including phenoxy) is 3. The van der Waals surface area contributed by atoms with E-state index >= 15 is 0 Å². The van der Waals surface area contributed by atoms with E-state index in [9.17, 15) is 43.7 Å². The fourth-order valence-corrected chi connectivity index (χ4v) is 4.02. The molecule has 0 unspecified atom stereocenters. The van der Waals surface area contributed by atoms with E-state index in [0.29, 0.717) is 5.56 Å². The number of carbonyl (C=O) groups excluding carboxylic acids is 7. The van der Waals surface area contributed by atoms with Gasteiger partial charge in [-0.15, -0.1) is 0 Å². The molecule has 1 aromatic carbocycles. The van der Waals surface area contributed by atoms with E-state index in [2.05, 4.69) is 26.8 Å². The third kappa shape index (κ3) is 16.3. The minimum Gasteiger partial charge on any atom is -0.466 e. The molecule has 18 heteroatoms. The first kappa shape index (κ1) is 40.7. The summed E-state index contributed by atoms with van der Waals surface area (Å²) in [4.78, 5) is 98.5. The highest BCUT2D eigenvalue weighted by atomic mass is 16.6. The molecule has 5 amide bonds. The largest absolute Gasteiger partial charge is 0.466 e. The van der Waals surface area contributed by atoms with Gasteiger partial charge in [-0.1, -0.05) is 12.1 Å². The molecular formula is C30H44N6O12.